The van der Waals surface area contributed by atoms with Crippen LogP contribution in [0.3, 0.4) is 0 Å². The Balaban J connectivity index is 2.43. The number of benzene rings is 1. The summed E-state index contributed by atoms with van der Waals surface area (Å²) in [6.07, 6.45) is 0. The number of anilines is 1. The molecule has 4 N–H and O–H groups in total. The van der Waals surface area contributed by atoms with E-state index in [1.54, 1.807) is 19.1 Å². The van der Waals surface area contributed by atoms with E-state index in [-0.39, 0.29) is 23.2 Å². The number of aliphatic imine (C=N–C) groups is 1. The number of nitrogens with two attached hydrogens (primary N) is 2. The number of hydrogen-bond donors (Lipinski definition) is 2. The Bertz CT molecular complexity index is 578. The number of rotatable bonds is 2. The molecule has 0 amide bonds. The third kappa shape index (κ3) is 2.07. The first kappa shape index (κ1) is 11.1. The first-order chi connectivity index (χ1) is 8.09. The molecule has 0 unspecified atom stereocenters. The molecule has 0 fully saturated rings. The standard InChI is InChI=1S/C10H10FN5O/c1-5-6(11)3-2-4-7(5)14-9(12)8-10(13)16-17-15-8/h2-4H,1H3,(H2,12,14)(H2,13,16). The van der Waals surface area contributed by atoms with Crippen LogP contribution in [-0.2, 0) is 0 Å². The quantitative estimate of drug-likeness (QED) is 0.600. The average molecular weight is 235 g/mol. The molecule has 2 aromatic rings. The maximum absolute atomic E-state index is 13.3. The van der Waals surface area contributed by atoms with Gasteiger partial charge < -0.3 is 11.5 Å². The van der Waals surface area contributed by atoms with E-state index in [4.69, 9.17) is 11.5 Å². The van der Waals surface area contributed by atoms with E-state index < -0.39 is 0 Å². The van der Waals surface area contributed by atoms with E-state index in [0.29, 0.717) is 11.3 Å². The minimum absolute atomic E-state index is 0.0254. The van der Waals surface area contributed by atoms with E-state index in [1.165, 1.54) is 6.07 Å². The van der Waals surface area contributed by atoms with Crippen molar-refractivity contribution in [2.24, 2.45) is 10.7 Å². The molecule has 0 aliphatic rings. The van der Waals surface area contributed by atoms with Gasteiger partial charge in [-0.05, 0) is 29.4 Å². The molecule has 17 heavy (non-hydrogen) atoms. The van der Waals surface area contributed by atoms with E-state index in [1.807, 2.05) is 0 Å². The van der Waals surface area contributed by atoms with Gasteiger partial charge in [0, 0.05) is 5.56 Å². The molecular formula is C10H10FN5O. The second-order valence-corrected chi connectivity index (χ2v) is 3.38. The Hall–Kier alpha value is -2.44. The summed E-state index contributed by atoms with van der Waals surface area (Å²) < 4.78 is 17.7. The normalized spacial score (nSPS) is 11.8. The van der Waals surface area contributed by atoms with Gasteiger partial charge in [0.05, 0.1) is 5.69 Å². The third-order valence-corrected chi connectivity index (χ3v) is 2.24. The van der Waals surface area contributed by atoms with Gasteiger partial charge in [-0.3, -0.25) is 0 Å². The Labute approximate surface area is 96.1 Å². The first-order valence-corrected chi connectivity index (χ1v) is 4.77. The number of aromatic nitrogens is 2. The summed E-state index contributed by atoms with van der Waals surface area (Å²) >= 11 is 0. The Morgan fingerprint density at radius 1 is 1.41 bits per heavy atom. The van der Waals surface area contributed by atoms with E-state index in [9.17, 15) is 4.39 Å². The van der Waals surface area contributed by atoms with Crippen LogP contribution in [0.4, 0.5) is 15.9 Å². The van der Waals surface area contributed by atoms with Crippen LogP contribution >= 0.6 is 0 Å². The fraction of sp³-hybridized carbons (Fsp3) is 0.100. The molecule has 0 atom stereocenters. The van der Waals surface area contributed by atoms with Crippen molar-refractivity contribution < 1.29 is 9.02 Å². The minimum Gasteiger partial charge on any atom is -0.382 e. The molecule has 0 aliphatic heterocycles. The maximum atomic E-state index is 13.3. The zero-order valence-electron chi connectivity index (χ0n) is 9.01. The lowest BCUT2D eigenvalue weighted by Crippen LogP contribution is -2.15. The second-order valence-electron chi connectivity index (χ2n) is 3.38. The summed E-state index contributed by atoms with van der Waals surface area (Å²) in [6, 6.07) is 4.52. The summed E-state index contributed by atoms with van der Waals surface area (Å²) in [6.45, 7) is 1.60. The molecule has 7 heteroatoms. The molecule has 0 saturated carbocycles. The monoisotopic (exact) mass is 235 g/mol. The molecular weight excluding hydrogens is 225 g/mol. The largest absolute Gasteiger partial charge is 0.382 e. The van der Waals surface area contributed by atoms with Crippen LogP contribution in [0.1, 0.15) is 11.3 Å². The highest BCUT2D eigenvalue weighted by atomic mass is 19.1. The van der Waals surface area contributed by atoms with Crippen LogP contribution in [0.25, 0.3) is 0 Å². The molecule has 0 saturated heterocycles. The average Bonchev–Trinajstić information content (AvgIpc) is 2.71. The van der Waals surface area contributed by atoms with Gasteiger partial charge in [0.2, 0.25) is 0 Å². The van der Waals surface area contributed by atoms with Crippen LogP contribution < -0.4 is 11.5 Å². The van der Waals surface area contributed by atoms with Gasteiger partial charge in [-0.2, -0.15) is 0 Å². The number of halogens is 1. The highest BCUT2D eigenvalue weighted by Crippen LogP contribution is 2.21. The number of hydrogen-bond acceptors (Lipinski definition) is 5. The van der Waals surface area contributed by atoms with Crippen LogP contribution in [-0.4, -0.2) is 16.1 Å². The van der Waals surface area contributed by atoms with Crippen LogP contribution in [0, 0.1) is 12.7 Å². The van der Waals surface area contributed by atoms with Gasteiger partial charge in [0.1, 0.15) is 5.82 Å². The van der Waals surface area contributed by atoms with Crippen molar-refractivity contribution in [2.45, 2.75) is 6.92 Å². The predicted octanol–water partition coefficient (Wildman–Crippen LogP) is 1.14. The molecule has 88 valence electrons. The lowest BCUT2D eigenvalue weighted by atomic mass is 10.2. The summed E-state index contributed by atoms with van der Waals surface area (Å²) in [5.41, 5.74) is 12.1. The Kier molecular flexibility index (Phi) is 2.73. The smallest absolute Gasteiger partial charge is 0.199 e. The Morgan fingerprint density at radius 3 is 2.82 bits per heavy atom. The maximum Gasteiger partial charge on any atom is 0.199 e. The van der Waals surface area contributed by atoms with Gasteiger partial charge in [-0.15, -0.1) is 0 Å². The van der Waals surface area contributed by atoms with Crippen molar-refractivity contribution in [2.75, 3.05) is 5.73 Å². The number of nitrogen functional groups attached to an aromatic ring is 1. The number of amidine groups is 1. The van der Waals surface area contributed by atoms with Crippen molar-refractivity contribution >= 4 is 17.3 Å². The third-order valence-electron chi connectivity index (χ3n) is 2.24. The fourth-order valence-electron chi connectivity index (χ4n) is 1.27. The van der Waals surface area contributed by atoms with Gasteiger partial charge >= 0.3 is 0 Å². The molecule has 1 heterocycles. The summed E-state index contributed by atoms with van der Waals surface area (Å²) in [4.78, 5) is 4.03. The van der Waals surface area contributed by atoms with E-state index in [2.05, 4.69) is 19.9 Å². The van der Waals surface area contributed by atoms with Crippen molar-refractivity contribution in [3.05, 3.63) is 35.3 Å². The zero-order valence-corrected chi connectivity index (χ0v) is 9.01. The molecule has 0 radical (unpaired) electrons. The molecule has 1 aromatic heterocycles. The van der Waals surface area contributed by atoms with Gasteiger partial charge in [-0.25, -0.2) is 14.0 Å². The van der Waals surface area contributed by atoms with E-state index >= 15 is 0 Å². The molecule has 0 spiro atoms. The zero-order chi connectivity index (χ0) is 12.4. The molecule has 6 nitrogen and oxygen atoms in total. The summed E-state index contributed by atoms with van der Waals surface area (Å²) in [5.74, 6) is -0.289. The minimum atomic E-state index is -0.356. The van der Waals surface area contributed by atoms with Crippen molar-refractivity contribution in [3.63, 3.8) is 0 Å². The van der Waals surface area contributed by atoms with Gasteiger partial charge in [0.15, 0.2) is 17.3 Å². The van der Waals surface area contributed by atoms with E-state index in [0.717, 1.165) is 0 Å². The SMILES string of the molecule is Cc1c(F)cccc1N=C(N)c1nonc1N. The van der Waals surface area contributed by atoms with Gasteiger partial charge in [-0.1, -0.05) is 6.07 Å². The van der Waals surface area contributed by atoms with Crippen LogP contribution in [0.15, 0.2) is 27.8 Å². The Morgan fingerprint density at radius 2 is 2.18 bits per heavy atom. The topological polar surface area (TPSA) is 103 Å². The first-order valence-electron chi connectivity index (χ1n) is 4.77. The lowest BCUT2D eigenvalue weighted by Gasteiger charge is -2.02. The summed E-state index contributed by atoms with van der Waals surface area (Å²) in [5, 5.41) is 6.88. The van der Waals surface area contributed by atoms with Crippen LogP contribution in [0.2, 0.25) is 0 Å². The molecule has 0 bridgehead atoms. The lowest BCUT2D eigenvalue weighted by molar-refractivity contribution is 0.308. The highest BCUT2D eigenvalue weighted by molar-refractivity contribution is 6.00. The fourth-order valence-corrected chi connectivity index (χ4v) is 1.27. The van der Waals surface area contributed by atoms with Gasteiger partial charge in [0.25, 0.3) is 0 Å². The molecule has 2 rings (SSSR count). The van der Waals surface area contributed by atoms with Crippen molar-refractivity contribution in [1.29, 1.82) is 0 Å². The number of nitrogens with zero attached hydrogens (tertiary/aromatic N) is 3. The van der Waals surface area contributed by atoms with Crippen molar-refractivity contribution in [3.8, 4) is 0 Å². The van der Waals surface area contributed by atoms with Crippen LogP contribution in [0.5, 0.6) is 0 Å². The second kappa shape index (κ2) is 4.20. The predicted molar refractivity (Wildman–Crippen MR) is 60.2 cm³/mol. The highest BCUT2D eigenvalue weighted by Gasteiger charge is 2.11. The molecule has 1 aromatic carbocycles. The summed E-state index contributed by atoms with van der Waals surface area (Å²) in [7, 11) is 0. The molecule has 0 aliphatic carbocycles. The van der Waals surface area contributed by atoms with Crippen molar-refractivity contribution in [1.82, 2.24) is 10.3 Å².